The van der Waals surface area contributed by atoms with E-state index in [1.807, 2.05) is 36.4 Å². The van der Waals surface area contributed by atoms with Gasteiger partial charge >= 0.3 is 6.01 Å². The normalized spacial score (nSPS) is 15.8. The first kappa shape index (κ1) is 24.3. The van der Waals surface area contributed by atoms with Crippen molar-refractivity contribution in [3.63, 3.8) is 0 Å². The second-order valence-electron chi connectivity index (χ2n) is 8.18. The number of hydrogen-bond acceptors (Lipinski definition) is 6. The van der Waals surface area contributed by atoms with Crippen molar-refractivity contribution in [2.75, 3.05) is 33.4 Å². The molecule has 1 unspecified atom stereocenters. The predicted molar refractivity (Wildman–Crippen MR) is 132 cm³/mol. The van der Waals surface area contributed by atoms with Crippen LogP contribution in [0.3, 0.4) is 0 Å². The minimum atomic E-state index is -0.195. The van der Waals surface area contributed by atoms with Crippen molar-refractivity contribution >= 4 is 29.1 Å². The first-order valence-electron chi connectivity index (χ1n) is 11.0. The Labute approximate surface area is 209 Å². The van der Waals surface area contributed by atoms with Crippen LogP contribution < -0.4 is 14.8 Å². The average Bonchev–Trinajstić information content (AvgIpc) is 3.32. The van der Waals surface area contributed by atoms with Crippen molar-refractivity contribution in [2.45, 2.75) is 13.0 Å². The molecule has 3 aromatic rings. The number of aromatic nitrogens is 2. The molecule has 0 aliphatic carbocycles. The van der Waals surface area contributed by atoms with Crippen LogP contribution in [0.4, 0.5) is 0 Å². The zero-order chi connectivity index (χ0) is 23.9. The number of hydrogen-bond donors (Lipinski definition) is 1. The average molecular weight is 501 g/mol. The highest BCUT2D eigenvalue weighted by Gasteiger charge is 2.23. The number of likely N-dealkylation sites (tertiary alicyclic amines) is 1. The van der Waals surface area contributed by atoms with Crippen LogP contribution in [0.5, 0.6) is 11.8 Å². The van der Waals surface area contributed by atoms with Gasteiger partial charge in [-0.05, 0) is 48.2 Å². The second kappa shape index (κ2) is 11.5. The highest BCUT2D eigenvalue weighted by atomic mass is 35.5. The molecule has 0 radical (unpaired) electrons. The van der Waals surface area contributed by atoms with E-state index < -0.39 is 0 Å². The van der Waals surface area contributed by atoms with Crippen LogP contribution in [0, 0.1) is 5.92 Å². The Hall–Kier alpha value is -2.87. The first-order chi connectivity index (χ1) is 16.5. The fraction of sp³-hybridized carbons (Fsp3) is 0.320. The predicted octanol–water partition coefficient (Wildman–Crippen LogP) is 4.48. The standard InChI is InChI=1S/C25H26Cl2N4O3/c1-33-21-7-5-18(6-8-21)20-12-29-25(30-13-20)34-16-23(32)28-11-17-9-10-31(14-17)15-19-3-2-4-22(26)24(19)27/h2-8,12-13,17H,9-11,14-16H2,1H3,(H,28,32). The number of carbonyl (C=O) groups excluding carboxylic acids is 1. The van der Waals surface area contributed by atoms with Crippen molar-refractivity contribution < 1.29 is 14.3 Å². The third-order valence-corrected chi connectivity index (χ3v) is 6.63. The van der Waals surface area contributed by atoms with E-state index in [9.17, 15) is 4.79 Å². The molecule has 1 fully saturated rings. The summed E-state index contributed by atoms with van der Waals surface area (Å²) in [6.07, 6.45) is 4.35. The summed E-state index contributed by atoms with van der Waals surface area (Å²) in [5, 5.41) is 4.12. The maximum atomic E-state index is 12.2. The SMILES string of the molecule is COc1ccc(-c2cnc(OCC(=O)NCC3CCN(Cc4cccc(Cl)c4Cl)C3)nc2)cc1. The quantitative estimate of drug-likeness (QED) is 0.466. The molecule has 1 aliphatic rings. The Kier molecular flexibility index (Phi) is 8.21. The van der Waals surface area contributed by atoms with Crippen molar-refractivity contribution in [1.82, 2.24) is 20.2 Å². The highest BCUT2D eigenvalue weighted by molar-refractivity contribution is 6.42. The Morgan fingerprint density at radius 3 is 2.62 bits per heavy atom. The number of methoxy groups -OCH3 is 1. The van der Waals surface area contributed by atoms with E-state index in [1.54, 1.807) is 25.6 Å². The molecular weight excluding hydrogens is 475 g/mol. The van der Waals surface area contributed by atoms with E-state index in [-0.39, 0.29) is 18.5 Å². The summed E-state index contributed by atoms with van der Waals surface area (Å²) in [5.41, 5.74) is 2.84. The number of nitrogens with zero attached hydrogens (tertiary/aromatic N) is 3. The summed E-state index contributed by atoms with van der Waals surface area (Å²) in [5.74, 6) is 0.965. The van der Waals surface area contributed by atoms with Crippen LogP contribution in [0.2, 0.25) is 10.0 Å². The van der Waals surface area contributed by atoms with Crippen molar-refractivity contribution in [1.29, 1.82) is 0 Å². The van der Waals surface area contributed by atoms with Crippen LogP contribution in [0.25, 0.3) is 11.1 Å². The van der Waals surface area contributed by atoms with E-state index in [0.29, 0.717) is 22.5 Å². The van der Waals surface area contributed by atoms with Crippen molar-refractivity contribution in [3.05, 3.63) is 70.5 Å². The third kappa shape index (κ3) is 6.38. The number of carbonyl (C=O) groups is 1. The van der Waals surface area contributed by atoms with Gasteiger partial charge in [0.05, 0.1) is 17.2 Å². The van der Waals surface area contributed by atoms with Crippen LogP contribution in [0.15, 0.2) is 54.9 Å². The van der Waals surface area contributed by atoms with Gasteiger partial charge in [-0.25, -0.2) is 9.97 Å². The molecule has 178 valence electrons. The second-order valence-corrected chi connectivity index (χ2v) is 8.96. The molecule has 1 amide bonds. The lowest BCUT2D eigenvalue weighted by Crippen LogP contribution is -2.34. The highest BCUT2D eigenvalue weighted by Crippen LogP contribution is 2.28. The molecule has 1 N–H and O–H groups in total. The van der Waals surface area contributed by atoms with Gasteiger partial charge in [0.2, 0.25) is 0 Å². The Morgan fingerprint density at radius 2 is 1.88 bits per heavy atom. The lowest BCUT2D eigenvalue weighted by molar-refractivity contribution is -0.123. The number of halogens is 2. The molecule has 1 aliphatic heterocycles. The Bertz CT molecular complexity index is 1110. The van der Waals surface area contributed by atoms with Crippen molar-refractivity contribution in [2.24, 2.45) is 5.92 Å². The van der Waals surface area contributed by atoms with Gasteiger partial charge in [0.15, 0.2) is 6.61 Å². The lowest BCUT2D eigenvalue weighted by atomic mass is 10.1. The maximum Gasteiger partial charge on any atom is 0.316 e. The van der Waals surface area contributed by atoms with Gasteiger partial charge in [-0.2, -0.15) is 0 Å². The van der Waals surface area contributed by atoms with Gasteiger partial charge in [-0.15, -0.1) is 0 Å². The summed E-state index contributed by atoms with van der Waals surface area (Å²) < 4.78 is 10.6. The smallest absolute Gasteiger partial charge is 0.316 e. The first-order valence-corrected chi connectivity index (χ1v) is 11.8. The topological polar surface area (TPSA) is 76.6 Å². The molecule has 0 bridgehead atoms. The zero-order valence-electron chi connectivity index (χ0n) is 18.8. The van der Waals surface area contributed by atoms with E-state index in [2.05, 4.69) is 20.2 Å². The fourth-order valence-electron chi connectivity index (χ4n) is 3.90. The van der Waals surface area contributed by atoms with Gasteiger partial charge in [0.1, 0.15) is 5.75 Å². The number of rotatable bonds is 9. The Balaban J connectivity index is 1.18. The summed E-state index contributed by atoms with van der Waals surface area (Å²) in [4.78, 5) is 22.9. The molecule has 7 nitrogen and oxygen atoms in total. The van der Waals surface area contributed by atoms with E-state index in [4.69, 9.17) is 32.7 Å². The minimum Gasteiger partial charge on any atom is -0.497 e. The number of nitrogens with one attached hydrogen (secondary N) is 1. The molecule has 1 saturated heterocycles. The zero-order valence-corrected chi connectivity index (χ0v) is 20.4. The van der Waals surface area contributed by atoms with E-state index in [1.165, 1.54) is 0 Å². The van der Waals surface area contributed by atoms with E-state index >= 15 is 0 Å². The molecule has 0 saturated carbocycles. The molecule has 9 heteroatoms. The molecule has 4 rings (SSSR count). The van der Waals surface area contributed by atoms with Crippen LogP contribution in [-0.2, 0) is 11.3 Å². The van der Waals surface area contributed by atoms with Gasteiger partial charge in [-0.3, -0.25) is 9.69 Å². The van der Waals surface area contributed by atoms with Crippen LogP contribution in [0.1, 0.15) is 12.0 Å². The monoisotopic (exact) mass is 500 g/mol. The van der Waals surface area contributed by atoms with E-state index in [0.717, 1.165) is 48.5 Å². The third-order valence-electron chi connectivity index (χ3n) is 5.77. The fourth-order valence-corrected chi connectivity index (χ4v) is 4.28. The maximum absolute atomic E-state index is 12.2. The summed E-state index contributed by atoms with van der Waals surface area (Å²) in [7, 11) is 1.63. The van der Waals surface area contributed by atoms with Gasteiger partial charge in [0.25, 0.3) is 5.91 Å². The van der Waals surface area contributed by atoms with Gasteiger partial charge < -0.3 is 14.8 Å². The summed E-state index contributed by atoms with van der Waals surface area (Å²) >= 11 is 12.4. The molecule has 2 aromatic carbocycles. The largest absolute Gasteiger partial charge is 0.497 e. The number of amides is 1. The summed E-state index contributed by atoms with van der Waals surface area (Å²) in [6.45, 7) is 3.06. The molecular formula is C25H26Cl2N4O3. The Morgan fingerprint density at radius 1 is 1.12 bits per heavy atom. The number of benzene rings is 2. The molecule has 0 spiro atoms. The van der Waals surface area contributed by atoms with Crippen LogP contribution >= 0.6 is 23.2 Å². The van der Waals surface area contributed by atoms with Gasteiger partial charge in [0, 0.05) is 37.6 Å². The van der Waals surface area contributed by atoms with Crippen molar-refractivity contribution in [3.8, 4) is 22.9 Å². The molecule has 1 aromatic heterocycles. The van der Waals surface area contributed by atoms with Gasteiger partial charge in [-0.1, -0.05) is 47.5 Å². The lowest BCUT2D eigenvalue weighted by Gasteiger charge is -2.17. The molecule has 2 heterocycles. The number of ether oxygens (including phenoxy) is 2. The summed E-state index contributed by atoms with van der Waals surface area (Å²) in [6, 6.07) is 13.5. The molecule has 34 heavy (non-hydrogen) atoms. The minimum absolute atomic E-state index is 0.129. The van der Waals surface area contributed by atoms with Crippen LogP contribution in [-0.4, -0.2) is 54.1 Å². The molecule has 1 atom stereocenters.